The van der Waals surface area contributed by atoms with Gasteiger partial charge in [0.05, 0.1) is 12.0 Å². The standard InChI is InChI=1S/C19H23N3O4/c20-18(25)19-6-8-26-11-14(19)9-22(12-19)16(23)10-21-7-5-13-3-1-2-4-15(13)17(21)24/h1-4,14H,5-12H2,(H2,20,25)/t14-,19+/m1/s1. The lowest BCUT2D eigenvalue weighted by molar-refractivity contribution is -0.136. The molecule has 0 aliphatic carbocycles. The molecule has 4 rings (SSSR count). The van der Waals surface area contributed by atoms with Crippen LogP contribution in [0.1, 0.15) is 22.3 Å². The zero-order valence-electron chi connectivity index (χ0n) is 14.6. The highest BCUT2D eigenvalue weighted by atomic mass is 16.5. The van der Waals surface area contributed by atoms with Crippen molar-refractivity contribution in [3.05, 3.63) is 35.4 Å². The van der Waals surface area contributed by atoms with Crippen LogP contribution in [0.15, 0.2) is 24.3 Å². The van der Waals surface area contributed by atoms with Crippen LogP contribution in [-0.4, -0.2) is 66.9 Å². The molecular weight excluding hydrogens is 334 g/mol. The maximum absolute atomic E-state index is 12.8. The molecule has 3 aliphatic heterocycles. The van der Waals surface area contributed by atoms with Gasteiger partial charge in [-0.1, -0.05) is 18.2 Å². The topological polar surface area (TPSA) is 92.9 Å². The molecule has 3 heterocycles. The van der Waals surface area contributed by atoms with Crippen molar-refractivity contribution in [3.8, 4) is 0 Å². The molecule has 2 saturated heterocycles. The Labute approximate surface area is 152 Å². The van der Waals surface area contributed by atoms with Crippen LogP contribution in [0.2, 0.25) is 0 Å². The molecule has 2 fully saturated rings. The first kappa shape index (κ1) is 17.0. The Kier molecular flexibility index (Phi) is 4.19. The SMILES string of the molecule is NC(=O)[C@]12CCOC[C@H]1CN(C(=O)CN1CCc3ccccc3C1=O)C2. The average molecular weight is 357 g/mol. The number of amides is 3. The molecule has 0 unspecified atom stereocenters. The summed E-state index contributed by atoms with van der Waals surface area (Å²) in [6, 6.07) is 7.51. The van der Waals surface area contributed by atoms with Gasteiger partial charge in [0, 0.05) is 37.7 Å². The third kappa shape index (κ3) is 2.67. The molecule has 0 aromatic heterocycles. The lowest BCUT2D eigenvalue weighted by Crippen LogP contribution is -2.49. The number of rotatable bonds is 3. The maximum atomic E-state index is 12.8. The highest BCUT2D eigenvalue weighted by Crippen LogP contribution is 2.42. The Morgan fingerprint density at radius 2 is 2.12 bits per heavy atom. The molecule has 0 radical (unpaired) electrons. The zero-order valence-corrected chi connectivity index (χ0v) is 14.6. The normalized spacial score (nSPS) is 27.8. The van der Waals surface area contributed by atoms with Crippen LogP contribution in [0.5, 0.6) is 0 Å². The molecule has 3 aliphatic rings. The van der Waals surface area contributed by atoms with Gasteiger partial charge in [0.1, 0.15) is 6.54 Å². The average Bonchev–Trinajstić information content (AvgIpc) is 3.05. The number of carbonyl (C=O) groups excluding carboxylic acids is 3. The fourth-order valence-electron chi connectivity index (χ4n) is 4.43. The van der Waals surface area contributed by atoms with E-state index < -0.39 is 5.41 Å². The van der Waals surface area contributed by atoms with E-state index in [0.717, 1.165) is 12.0 Å². The number of carbonyl (C=O) groups is 3. The van der Waals surface area contributed by atoms with E-state index in [9.17, 15) is 14.4 Å². The van der Waals surface area contributed by atoms with Crippen molar-refractivity contribution in [1.82, 2.24) is 9.80 Å². The van der Waals surface area contributed by atoms with Crippen molar-refractivity contribution < 1.29 is 19.1 Å². The van der Waals surface area contributed by atoms with Gasteiger partial charge in [-0.2, -0.15) is 0 Å². The van der Waals surface area contributed by atoms with Crippen LogP contribution in [0, 0.1) is 11.3 Å². The molecule has 7 nitrogen and oxygen atoms in total. The molecular formula is C19H23N3O4. The van der Waals surface area contributed by atoms with Gasteiger partial charge in [0.25, 0.3) is 5.91 Å². The minimum absolute atomic E-state index is 0.0373. The number of primary amides is 1. The predicted octanol–water partition coefficient (Wildman–Crippen LogP) is 0.0353. The summed E-state index contributed by atoms with van der Waals surface area (Å²) in [5.41, 5.74) is 6.68. The Balaban J connectivity index is 1.46. The lowest BCUT2D eigenvalue weighted by atomic mass is 9.74. The minimum atomic E-state index is -0.688. The molecule has 0 saturated carbocycles. The molecule has 1 aromatic rings. The number of nitrogens with two attached hydrogens (primary N) is 1. The summed E-state index contributed by atoms with van der Waals surface area (Å²) >= 11 is 0. The highest BCUT2D eigenvalue weighted by molar-refractivity contribution is 5.98. The van der Waals surface area contributed by atoms with E-state index in [4.69, 9.17) is 10.5 Å². The zero-order chi connectivity index (χ0) is 18.3. The molecule has 138 valence electrons. The number of hydrogen-bond donors (Lipinski definition) is 1. The molecule has 3 amide bonds. The number of hydrogen-bond acceptors (Lipinski definition) is 4. The van der Waals surface area contributed by atoms with Crippen molar-refractivity contribution >= 4 is 17.7 Å². The van der Waals surface area contributed by atoms with Gasteiger partial charge in [-0.15, -0.1) is 0 Å². The number of benzene rings is 1. The van der Waals surface area contributed by atoms with Gasteiger partial charge in [-0.05, 0) is 24.5 Å². The summed E-state index contributed by atoms with van der Waals surface area (Å²) in [6.07, 6.45) is 1.30. The second-order valence-electron chi connectivity index (χ2n) is 7.45. The van der Waals surface area contributed by atoms with E-state index in [2.05, 4.69) is 0 Å². The van der Waals surface area contributed by atoms with Gasteiger partial charge in [-0.25, -0.2) is 0 Å². The first-order chi connectivity index (χ1) is 12.5. The van der Waals surface area contributed by atoms with Crippen LogP contribution in [0.3, 0.4) is 0 Å². The molecule has 7 heteroatoms. The number of fused-ring (bicyclic) bond motifs is 2. The van der Waals surface area contributed by atoms with Crippen LogP contribution in [-0.2, 0) is 20.7 Å². The summed E-state index contributed by atoms with van der Waals surface area (Å²) in [5, 5.41) is 0. The molecule has 0 bridgehead atoms. The van der Waals surface area contributed by atoms with Crippen LogP contribution in [0.25, 0.3) is 0 Å². The summed E-state index contributed by atoms with van der Waals surface area (Å²) in [7, 11) is 0. The first-order valence-electron chi connectivity index (χ1n) is 9.04. The number of ether oxygens (including phenoxy) is 1. The second kappa shape index (κ2) is 6.39. The molecule has 26 heavy (non-hydrogen) atoms. The second-order valence-corrected chi connectivity index (χ2v) is 7.45. The summed E-state index contributed by atoms with van der Waals surface area (Å²) in [4.78, 5) is 40.8. The highest BCUT2D eigenvalue weighted by Gasteiger charge is 2.53. The third-order valence-corrected chi connectivity index (χ3v) is 6.06. The molecule has 2 atom stereocenters. The summed E-state index contributed by atoms with van der Waals surface area (Å²) in [6.45, 7) is 2.29. The fourth-order valence-corrected chi connectivity index (χ4v) is 4.43. The molecule has 2 N–H and O–H groups in total. The molecule has 0 spiro atoms. The van der Waals surface area contributed by atoms with Crippen molar-refractivity contribution in [3.63, 3.8) is 0 Å². The van der Waals surface area contributed by atoms with E-state index >= 15 is 0 Å². The lowest BCUT2D eigenvalue weighted by Gasteiger charge is -2.35. The predicted molar refractivity (Wildman–Crippen MR) is 93.2 cm³/mol. The number of nitrogens with zero attached hydrogens (tertiary/aromatic N) is 2. The van der Waals surface area contributed by atoms with Gasteiger partial charge in [-0.3, -0.25) is 14.4 Å². The van der Waals surface area contributed by atoms with E-state index in [-0.39, 0.29) is 30.2 Å². The minimum Gasteiger partial charge on any atom is -0.381 e. The van der Waals surface area contributed by atoms with E-state index in [1.165, 1.54) is 0 Å². The monoisotopic (exact) mass is 357 g/mol. The Bertz CT molecular complexity index is 765. The van der Waals surface area contributed by atoms with E-state index in [1.54, 1.807) is 15.9 Å². The van der Waals surface area contributed by atoms with Gasteiger partial charge >= 0.3 is 0 Å². The Hall–Kier alpha value is -2.41. The molecule has 1 aromatic carbocycles. The Morgan fingerprint density at radius 1 is 1.31 bits per heavy atom. The first-order valence-corrected chi connectivity index (χ1v) is 9.04. The van der Waals surface area contributed by atoms with E-state index in [0.29, 0.717) is 44.8 Å². The third-order valence-electron chi connectivity index (χ3n) is 6.06. The Morgan fingerprint density at radius 3 is 2.88 bits per heavy atom. The van der Waals surface area contributed by atoms with Crippen LogP contribution >= 0.6 is 0 Å². The summed E-state index contributed by atoms with van der Waals surface area (Å²) in [5.74, 6) is -0.655. The van der Waals surface area contributed by atoms with Crippen molar-refractivity contribution in [2.45, 2.75) is 12.8 Å². The van der Waals surface area contributed by atoms with E-state index in [1.807, 2.05) is 18.2 Å². The van der Waals surface area contributed by atoms with Crippen molar-refractivity contribution in [2.24, 2.45) is 17.1 Å². The fraction of sp³-hybridized carbons (Fsp3) is 0.526. The van der Waals surface area contributed by atoms with Crippen LogP contribution in [0.4, 0.5) is 0 Å². The summed E-state index contributed by atoms with van der Waals surface area (Å²) < 4.78 is 5.48. The largest absolute Gasteiger partial charge is 0.381 e. The van der Waals surface area contributed by atoms with Crippen molar-refractivity contribution in [1.29, 1.82) is 0 Å². The number of likely N-dealkylation sites (tertiary alicyclic amines) is 1. The quantitative estimate of drug-likeness (QED) is 0.826. The van der Waals surface area contributed by atoms with Crippen LogP contribution < -0.4 is 5.73 Å². The van der Waals surface area contributed by atoms with Gasteiger partial charge in [0.15, 0.2) is 0 Å². The smallest absolute Gasteiger partial charge is 0.254 e. The van der Waals surface area contributed by atoms with Gasteiger partial charge < -0.3 is 20.3 Å². The maximum Gasteiger partial charge on any atom is 0.254 e. The van der Waals surface area contributed by atoms with Gasteiger partial charge in [0.2, 0.25) is 11.8 Å². The van der Waals surface area contributed by atoms with Crippen molar-refractivity contribution in [2.75, 3.05) is 39.4 Å².